The minimum Gasteiger partial charge on any atom is -0.495 e. The van der Waals surface area contributed by atoms with Gasteiger partial charge in [0.25, 0.3) is 0 Å². The molecule has 1 aliphatic heterocycles. The van der Waals surface area contributed by atoms with E-state index in [4.69, 9.17) is 15.6 Å². The molecular weight excluding hydrogens is 426 g/mol. The van der Waals surface area contributed by atoms with Crippen LogP contribution in [0.2, 0.25) is 0 Å². The monoisotopic (exact) mass is 446 g/mol. The van der Waals surface area contributed by atoms with Gasteiger partial charge in [-0.05, 0) is 36.4 Å². The van der Waals surface area contributed by atoms with E-state index in [2.05, 4.69) is 26.2 Å². The Labute approximate surface area is 189 Å². The van der Waals surface area contributed by atoms with Crippen LogP contribution < -0.4 is 5.32 Å². The summed E-state index contributed by atoms with van der Waals surface area (Å²) in [5.41, 5.74) is 3.30. The number of nitrogens with zero attached hydrogens (tertiary/aromatic N) is 3. The van der Waals surface area contributed by atoms with Gasteiger partial charge in [0.15, 0.2) is 5.58 Å². The van der Waals surface area contributed by atoms with Crippen LogP contribution in [0, 0.1) is 24.0 Å². The van der Waals surface area contributed by atoms with Crippen LogP contribution in [0.4, 0.5) is 8.78 Å². The first kappa shape index (κ1) is 22.0. The molecule has 33 heavy (non-hydrogen) atoms. The Balaban J connectivity index is 1.60. The van der Waals surface area contributed by atoms with Gasteiger partial charge in [0.2, 0.25) is 0 Å². The van der Waals surface area contributed by atoms with Gasteiger partial charge in [0, 0.05) is 35.6 Å². The Morgan fingerprint density at radius 2 is 2.06 bits per heavy atom. The quantitative estimate of drug-likeness (QED) is 0.589. The first-order valence-electron chi connectivity index (χ1n) is 10.1. The summed E-state index contributed by atoms with van der Waals surface area (Å²) in [5, 5.41) is 3.28. The van der Waals surface area contributed by atoms with Gasteiger partial charge in [-0.15, -0.1) is 6.42 Å². The van der Waals surface area contributed by atoms with Gasteiger partial charge in [-0.3, -0.25) is 9.98 Å². The lowest BCUT2D eigenvalue weighted by atomic mass is 10.1. The molecule has 6 nitrogen and oxygen atoms in total. The molecule has 0 bridgehead atoms. The largest absolute Gasteiger partial charge is 0.495 e. The SMILES string of the molecule is C#CC1N=C/C(OC)=C\CN=CC=C1NCc1coc2ccc(-c3cc(F)cc(F)c3)nc12. The number of benzene rings is 1. The number of hydrogen-bond donors (Lipinski definition) is 1. The first-order valence-corrected chi connectivity index (χ1v) is 10.1. The minimum absolute atomic E-state index is 0.335. The van der Waals surface area contributed by atoms with E-state index in [1.165, 1.54) is 12.1 Å². The second kappa shape index (κ2) is 9.92. The van der Waals surface area contributed by atoms with Crippen molar-refractivity contribution in [3.63, 3.8) is 0 Å². The van der Waals surface area contributed by atoms with E-state index in [1.807, 2.05) is 0 Å². The van der Waals surface area contributed by atoms with E-state index in [0.717, 1.165) is 11.6 Å². The molecule has 1 unspecified atom stereocenters. The Bertz CT molecular complexity index is 1310. The Hall–Kier alpha value is -4.25. The van der Waals surface area contributed by atoms with Crippen LogP contribution in [-0.2, 0) is 11.3 Å². The maximum absolute atomic E-state index is 13.7. The number of rotatable bonds is 5. The average Bonchev–Trinajstić information content (AvgIpc) is 3.22. The summed E-state index contributed by atoms with van der Waals surface area (Å²) < 4.78 is 38.2. The summed E-state index contributed by atoms with van der Waals surface area (Å²) in [6, 6.07) is 6.08. The fourth-order valence-corrected chi connectivity index (χ4v) is 3.28. The van der Waals surface area contributed by atoms with Gasteiger partial charge in [0.05, 0.1) is 31.8 Å². The molecule has 0 saturated carbocycles. The third-order valence-electron chi connectivity index (χ3n) is 4.93. The number of hydrogen-bond acceptors (Lipinski definition) is 6. The third kappa shape index (κ3) is 5.15. The molecule has 0 fully saturated rings. The standard InChI is InChI=1S/C25H20F2N4O2/c1-3-21-23(7-9-28-8-6-20(32-2)14-30-21)29-13-17-15-33-24-5-4-22(31-25(17)24)16-10-18(26)12-19(27)11-16/h1,4-7,9-12,14-15,21,29H,8,13H2,2H3/b20-6+,23-7?,28-9?,30-14?. The average molecular weight is 446 g/mol. The van der Waals surface area contributed by atoms with Crippen molar-refractivity contribution < 1.29 is 17.9 Å². The summed E-state index contributed by atoms with van der Waals surface area (Å²) >= 11 is 0. The van der Waals surface area contributed by atoms with Crippen LogP contribution in [-0.4, -0.2) is 37.1 Å². The Morgan fingerprint density at radius 1 is 1.24 bits per heavy atom. The van der Waals surface area contributed by atoms with E-state index < -0.39 is 17.7 Å². The number of fused-ring (bicyclic) bond motifs is 1. The smallest absolute Gasteiger partial charge is 0.152 e. The zero-order valence-electron chi connectivity index (χ0n) is 17.8. The molecule has 3 aromatic rings. The summed E-state index contributed by atoms with van der Waals surface area (Å²) in [4.78, 5) is 13.3. The van der Waals surface area contributed by atoms with Gasteiger partial charge in [-0.2, -0.15) is 0 Å². The van der Waals surface area contributed by atoms with E-state index >= 15 is 0 Å². The summed E-state index contributed by atoms with van der Waals surface area (Å²) in [6.07, 6.45) is 14.1. The van der Waals surface area contributed by atoms with Crippen molar-refractivity contribution >= 4 is 23.5 Å². The molecule has 3 heterocycles. The molecule has 8 heteroatoms. The molecular formula is C25H20F2N4O2. The highest BCUT2D eigenvalue weighted by Crippen LogP contribution is 2.26. The second-order valence-electron chi connectivity index (χ2n) is 7.11. The van der Waals surface area contributed by atoms with E-state index in [-0.39, 0.29) is 0 Å². The van der Waals surface area contributed by atoms with Crippen molar-refractivity contribution in [1.29, 1.82) is 0 Å². The van der Waals surface area contributed by atoms with E-state index in [0.29, 0.717) is 46.9 Å². The van der Waals surface area contributed by atoms with Gasteiger partial charge >= 0.3 is 0 Å². The molecule has 4 rings (SSSR count). The molecule has 0 aliphatic carbocycles. The highest BCUT2D eigenvalue weighted by Gasteiger charge is 2.14. The van der Waals surface area contributed by atoms with E-state index in [1.54, 1.807) is 50.1 Å². The van der Waals surface area contributed by atoms with Gasteiger partial charge in [0.1, 0.15) is 29.0 Å². The highest BCUT2D eigenvalue weighted by molar-refractivity contribution is 5.80. The number of furan rings is 1. The van der Waals surface area contributed by atoms with Crippen molar-refractivity contribution in [3.05, 3.63) is 77.4 Å². The number of terminal acetylenes is 1. The Morgan fingerprint density at radius 3 is 2.82 bits per heavy atom. The van der Waals surface area contributed by atoms with Crippen molar-refractivity contribution in [1.82, 2.24) is 10.3 Å². The highest BCUT2D eigenvalue weighted by atomic mass is 19.1. The number of ether oxygens (including phenoxy) is 1. The maximum Gasteiger partial charge on any atom is 0.152 e. The number of aliphatic imine (C=N–C) groups is 2. The molecule has 1 aliphatic rings. The molecule has 1 atom stereocenters. The summed E-state index contributed by atoms with van der Waals surface area (Å²) in [7, 11) is 1.55. The second-order valence-corrected chi connectivity index (χ2v) is 7.11. The predicted octanol–water partition coefficient (Wildman–Crippen LogP) is 4.43. The summed E-state index contributed by atoms with van der Waals surface area (Å²) in [5.74, 6) is 1.87. The lowest BCUT2D eigenvalue weighted by molar-refractivity contribution is 0.316. The molecule has 166 valence electrons. The van der Waals surface area contributed by atoms with Crippen LogP contribution in [0.3, 0.4) is 0 Å². The van der Waals surface area contributed by atoms with Crippen LogP contribution in [0.25, 0.3) is 22.4 Å². The van der Waals surface area contributed by atoms with Crippen LogP contribution in [0.5, 0.6) is 0 Å². The number of aromatic nitrogens is 1. The fraction of sp³-hybridized carbons (Fsp3) is 0.160. The molecule has 0 saturated heterocycles. The molecule has 2 aromatic heterocycles. The molecule has 1 aromatic carbocycles. The molecule has 1 N–H and O–H groups in total. The molecule has 0 amide bonds. The lowest BCUT2D eigenvalue weighted by Crippen LogP contribution is -2.22. The van der Waals surface area contributed by atoms with Gasteiger partial charge in [-0.1, -0.05) is 5.92 Å². The number of pyridine rings is 1. The number of allylic oxidation sites excluding steroid dienone is 2. The Kier molecular flexibility index (Phi) is 6.60. The van der Waals surface area contributed by atoms with E-state index in [9.17, 15) is 8.78 Å². The number of halogens is 2. The topological polar surface area (TPSA) is 72.0 Å². The zero-order valence-corrected chi connectivity index (χ0v) is 17.8. The van der Waals surface area contributed by atoms with Crippen molar-refractivity contribution in [2.75, 3.05) is 13.7 Å². The van der Waals surface area contributed by atoms with Crippen molar-refractivity contribution in [2.24, 2.45) is 9.98 Å². The van der Waals surface area contributed by atoms with Gasteiger partial charge in [-0.25, -0.2) is 13.8 Å². The fourth-order valence-electron chi connectivity index (χ4n) is 3.28. The van der Waals surface area contributed by atoms with Crippen LogP contribution in [0.15, 0.2) is 74.6 Å². The maximum atomic E-state index is 13.7. The number of methoxy groups -OCH3 is 1. The normalized spacial score (nSPS) is 17.7. The van der Waals surface area contributed by atoms with Crippen LogP contribution >= 0.6 is 0 Å². The van der Waals surface area contributed by atoms with Crippen molar-refractivity contribution in [2.45, 2.75) is 12.6 Å². The van der Waals surface area contributed by atoms with Gasteiger partial charge < -0.3 is 14.5 Å². The summed E-state index contributed by atoms with van der Waals surface area (Å²) in [6.45, 7) is 0.779. The first-order chi connectivity index (χ1) is 16.1. The minimum atomic E-state index is -0.669. The molecule has 0 spiro atoms. The number of nitrogens with one attached hydrogen (secondary N) is 1. The predicted molar refractivity (Wildman–Crippen MR) is 124 cm³/mol. The lowest BCUT2D eigenvalue weighted by Gasteiger charge is -2.14. The zero-order chi connectivity index (χ0) is 23.2. The molecule has 0 radical (unpaired) electrons. The third-order valence-corrected chi connectivity index (χ3v) is 4.93. The van der Waals surface area contributed by atoms with Crippen molar-refractivity contribution in [3.8, 4) is 23.6 Å². The van der Waals surface area contributed by atoms with Crippen LogP contribution in [0.1, 0.15) is 5.56 Å².